The molecule has 0 bridgehead atoms. The third-order valence-electron chi connectivity index (χ3n) is 3.38. The van der Waals surface area contributed by atoms with Gasteiger partial charge >= 0.3 is 11.9 Å². The molecule has 0 heterocycles. The van der Waals surface area contributed by atoms with E-state index in [1.807, 2.05) is 0 Å². The minimum absolute atomic E-state index is 0.0276. The van der Waals surface area contributed by atoms with Gasteiger partial charge in [-0.05, 0) is 30.7 Å². The average Bonchev–Trinajstić information content (AvgIpc) is 2.38. The molecule has 0 aromatic heterocycles. The van der Waals surface area contributed by atoms with E-state index >= 15 is 0 Å². The number of phenolic OH excluding ortho intramolecular Hbond substituents is 1. The molecule has 0 saturated heterocycles. The molecule has 1 aromatic rings. The Bertz CT molecular complexity index is 624. The summed E-state index contributed by atoms with van der Waals surface area (Å²) in [6.07, 6.45) is 2.90. The highest BCUT2D eigenvalue weighted by Crippen LogP contribution is 2.38. The number of aromatic hydroxyl groups is 1. The van der Waals surface area contributed by atoms with Crippen molar-refractivity contribution in [1.29, 1.82) is 0 Å². The molecule has 0 amide bonds. The lowest BCUT2D eigenvalue weighted by molar-refractivity contribution is -0.142. The summed E-state index contributed by atoms with van der Waals surface area (Å²) >= 11 is 0. The van der Waals surface area contributed by atoms with E-state index in [4.69, 9.17) is 5.11 Å². The molecule has 1 aliphatic rings. The summed E-state index contributed by atoms with van der Waals surface area (Å²) in [6, 6.07) is 5.78. The van der Waals surface area contributed by atoms with E-state index in [2.05, 4.69) is 0 Å². The van der Waals surface area contributed by atoms with Gasteiger partial charge in [0.1, 0.15) is 11.2 Å². The van der Waals surface area contributed by atoms with Gasteiger partial charge in [-0.15, -0.1) is 0 Å². The van der Waals surface area contributed by atoms with Crippen LogP contribution in [0.15, 0.2) is 47.6 Å². The quantitative estimate of drug-likeness (QED) is 0.784. The zero-order chi connectivity index (χ0) is 14.9. The van der Waals surface area contributed by atoms with Gasteiger partial charge in [0.05, 0.1) is 0 Å². The third-order valence-corrected chi connectivity index (χ3v) is 3.38. The first kappa shape index (κ1) is 13.9. The molecule has 20 heavy (non-hydrogen) atoms. The fraction of sp³-hybridized carbons (Fsp3) is 0.200. The Balaban J connectivity index is 2.58. The average molecular weight is 274 g/mol. The number of allylic oxidation sites excluding steroid dienone is 2. The molecule has 0 saturated carbocycles. The summed E-state index contributed by atoms with van der Waals surface area (Å²) in [5.41, 5.74) is -0.334. The SMILES string of the molecule is CC1=CC(C(=O)O)(c2ccc(O)cc2)CC(C(=O)O)=C1. The van der Waals surface area contributed by atoms with Gasteiger partial charge in [-0.3, -0.25) is 4.79 Å². The Morgan fingerprint density at radius 3 is 2.25 bits per heavy atom. The van der Waals surface area contributed by atoms with Crippen molar-refractivity contribution in [3.63, 3.8) is 0 Å². The van der Waals surface area contributed by atoms with Crippen LogP contribution in [0, 0.1) is 0 Å². The number of carboxylic acid groups (broad SMARTS) is 2. The fourth-order valence-electron chi connectivity index (χ4n) is 2.45. The van der Waals surface area contributed by atoms with Gasteiger partial charge in [0, 0.05) is 12.0 Å². The predicted octanol–water partition coefficient (Wildman–Crippen LogP) is 2.08. The van der Waals surface area contributed by atoms with Crippen molar-refractivity contribution in [2.24, 2.45) is 0 Å². The minimum atomic E-state index is -1.42. The van der Waals surface area contributed by atoms with Crippen molar-refractivity contribution in [3.8, 4) is 5.75 Å². The van der Waals surface area contributed by atoms with E-state index in [1.54, 1.807) is 13.0 Å². The summed E-state index contributed by atoms with van der Waals surface area (Å²) in [5.74, 6) is -2.21. The molecule has 1 aromatic carbocycles. The normalized spacial score (nSPS) is 21.9. The van der Waals surface area contributed by atoms with Crippen LogP contribution in [-0.2, 0) is 15.0 Å². The first-order valence-electron chi connectivity index (χ1n) is 6.01. The number of benzene rings is 1. The maximum Gasteiger partial charge on any atom is 0.331 e. The Morgan fingerprint density at radius 2 is 1.75 bits per heavy atom. The van der Waals surface area contributed by atoms with Crippen LogP contribution in [0.25, 0.3) is 0 Å². The molecule has 0 spiro atoms. The molecule has 5 heteroatoms. The van der Waals surface area contributed by atoms with E-state index < -0.39 is 17.4 Å². The zero-order valence-electron chi connectivity index (χ0n) is 10.8. The zero-order valence-corrected chi connectivity index (χ0v) is 10.8. The van der Waals surface area contributed by atoms with E-state index in [-0.39, 0.29) is 17.7 Å². The highest BCUT2D eigenvalue weighted by molar-refractivity contribution is 5.93. The van der Waals surface area contributed by atoms with Gasteiger partial charge < -0.3 is 15.3 Å². The van der Waals surface area contributed by atoms with Crippen molar-refractivity contribution in [2.45, 2.75) is 18.8 Å². The van der Waals surface area contributed by atoms with Crippen molar-refractivity contribution < 1.29 is 24.9 Å². The molecule has 0 aliphatic heterocycles. The van der Waals surface area contributed by atoms with Crippen LogP contribution in [0.2, 0.25) is 0 Å². The second kappa shape index (κ2) is 4.85. The molecular formula is C15H14O5. The van der Waals surface area contributed by atoms with Crippen molar-refractivity contribution in [3.05, 3.63) is 53.1 Å². The van der Waals surface area contributed by atoms with Crippen LogP contribution in [0.4, 0.5) is 0 Å². The topological polar surface area (TPSA) is 94.8 Å². The first-order valence-corrected chi connectivity index (χ1v) is 6.01. The molecule has 3 N–H and O–H groups in total. The summed E-state index contributed by atoms with van der Waals surface area (Å²) in [6.45, 7) is 1.67. The van der Waals surface area contributed by atoms with Crippen LogP contribution in [0.5, 0.6) is 5.75 Å². The van der Waals surface area contributed by atoms with Gasteiger partial charge in [0.2, 0.25) is 0 Å². The van der Waals surface area contributed by atoms with Crippen LogP contribution in [-0.4, -0.2) is 27.3 Å². The minimum Gasteiger partial charge on any atom is -0.508 e. The molecule has 2 rings (SSSR count). The Kier molecular flexibility index (Phi) is 3.36. The molecular weight excluding hydrogens is 260 g/mol. The number of phenols is 1. The molecule has 104 valence electrons. The smallest absolute Gasteiger partial charge is 0.331 e. The van der Waals surface area contributed by atoms with E-state index in [0.29, 0.717) is 11.1 Å². The molecule has 0 fully saturated rings. The van der Waals surface area contributed by atoms with E-state index in [9.17, 15) is 19.8 Å². The molecule has 0 radical (unpaired) electrons. The lowest BCUT2D eigenvalue weighted by Crippen LogP contribution is -2.37. The molecule has 5 nitrogen and oxygen atoms in total. The second-order valence-electron chi connectivity index (χ2n) is 4.86. The number of rotatable bonds is 3. The Hall–Kier alpha value is -2.56. The Morgan fingerprint density at radius 1 is 1.15 bits per heavy atom. The first-order chi connectivity index (χ1) is 9.35. The van der Waals surface area contributed by atoms with Crippen molar-refractivity contribution >= 4 is 11.9 Å². The lowest BCUT2D eigenvalue weighted by atomic mass is 9.71. The second-order valence-corrected chi connectivity index (χ2v) is 4.86. The summed E-state index contributed by atoms with van der Waals surface area (Å²) in [5, 5.41) is 28.0. The largest absolute Gasteiger partial charge is 0.508 e. The maximum absolute atomic E-state index is 11.7. The van der Waals surface area contributed by atoms with Gasteiger partial charge in [-0.1, -0.05) is 23.8 Å². The number of carbonyl (C=O) groups is 2. The number of aliphatic carboxylic acids is 2. The van der Waals surface area contributed by atoms with E-state index in [1.165, 1.54) is 30.3 Å². The lowest BCUT2D eigenvalue weighted by Gasteiger charge is -2.30. The third kappa shape index (κ3) is 2.30. The van der Waals surface area contributed by atoms with Gasteiger partial charge in [0.15, 0.2) is 0 Å². The van der Waals surface area contributed by atoms with Crippen molar-refractivity contribution in [1.82, 2.24) is 0 Å². The molecule has 1 unspecified atom stereocenters. The van der Waals surface area contributed by atoms with Gasteiger partial charge in [-0.25, -0.2) is 4.79 Å². The van der Waals surface area contributed by atoms with Crippen LogP contribution >= 0.6 is 0 Å². The van der Waals surface area contributed by atoms with Crippen LogP contribution < -0.4 is 0 Å². The van der Waals surface area contributed by atoms with Gasteiger partial charge in [-0.2, -0.15) is 0 Å². The summed E-state index contributed by atoms with van der Waals surface area (Å²) in [4.78, 5) is 22.9. The van der Waals surface area contributed by atoms with Crippen LogP contribution in [0.1, 0.15) is 18.9 Å². The summed E-state index contributed by atoms with van der Waals surface area (Å²) < 4.78 is 0. The molecule has 1 atom stereocenters. The standard InChI is InChI=1S/C15H14O5/c1-9-6-10(13(17)18)8-15(7-9,14(19)20)11-2-4-12(16)5-3-11/h2-7,16H,8H2,1H3,(H,17,18)(H,19,20). The van der Waals surface area contributed by atoms with Crippen LogP contribution in [0.3, 0.4) is 0 Å². The monoisotopic (exact) mass is 274 g/mol. The van der Waals surface area contributed by atoms with Crippen molar-refractivity contribution in [2.75, 3.05) is 0 Å². The predicted molar refractivity (Wildman–Crippen MR) is 71.5 cm³/mol. The number of hydrogen-bond donors (Lipinski definition) is 3. The fourth-order valence-corrected chi connectivity index (χ4v) is 2.45. The van der Waals surface area contributed by atoms with Gasteiger partial charge in [0.25, 0.3) is 0 Å². The maximum atomic E-state index is 11.7. The summed E-state index contributed by atoms with van der Waals surface area (Å²) in [7, 11) is 0. The Labute approximate surface area is 115 Å². The highest BCUT2D eigenvalue weighted by atomic mass is 16.4. The number of carboxylic acids is 2. The highest BCUT2D eigenvalue weighted by Gasteiger charge is 2.42. The van der Waals surface area contributed by atoms with E-state index in [0.717, 1.165) is 0 Å². The number of hydrogen-bond acceptors (Lipinski definition) is 3. The molecule has 1 aliphatic carbocycles.